The molecule has 0 atom stereocenters. The van der Waals surface area contributed by atoms with Gasteiger partial charge in [-0.1, -0.05) is 152 Å². The zero-order chi connectivity index (χ0) is 25.7. The molecule has 0 aliphatic rings. The third kappa shape index (κ3) is 4.83. The molecule has 0 amide bonds. The van der Waals surface area contributed by atoms with Crippen LogP contribution in [0, 0.1) is 0 Å². The fourth-order valence-corrected chi connectivity index (χ4v) is 4.87. The molecule has 6 aromatic rings. The van der Waals surface area contributed by atoms with Gasteiger partial charge in [-0.05, 0) is 50.6 Å². The van der Waals surface area contributed by atoms with Gasteiger partial charge in [-0.3, -0.25) is 4.79 Å². The van der Waals surface area contributed by atoms with Gasteiger partial charge in [0.2, 0.25) is 0 Å². The SMILES string of the molecule is O=C(c1ccccc1)c1cc(-c2ccc(-c3ccccc3)cc2)ccc1-c1ccc(-c2ccccc2)cc1. The highest BCUT2D eigenvalue weighted by atomic mass is 16.1. The number of ketones is 1. The summed E-state index contributed by atoms with van der Waals surface area (Å²) < 4.78 is 0. The van der Waals surface area contributed by atoms with E-state index >= 15 is 0 Å². The summed E-state index contributed by atoms with van der Waals surface area (Å²) >= 11 is 0. The fourth-order valence-electron chi connectivity index (χ4n) is 4.87. The first kappa shape index (κ1) is 23.4. The number of hydrogen-bond acceptors (Lipinski definition) is 1. The van der Waals surface area contributed by atoms with E-state index in [0.29, 0.717) is 11.1 Å². The Bertz CT molecular complexity index is 1670. The minimum Gasteiger partial charge on any atom is -0.289 e. The lowest BCUT2D eigenvalue weighted by Crippen LogP contribution is -2.04. The highest BCUT2D eigenvalue weighted by Gasteiger charge is 2.16. The second-order valence-corrected chi connectivity index (χ2v) is 9.34. The molecule has 0 saturated carbocycles. The summed E-state index contributed by atoms with van der Waals surface area (Å²) in [6.45, 7) is 0. The van der Waals surface area contributed by atoms with E-state index in [4.69, 9.17) is 0 Å². The van der Waals surface area contributed by atoms with Gasteiger partial charge in [0.05, 0.1) is 0 Å². The highest BCUT2D eigenvalue weighted by molar-refractivity contribution is 6.13. The van der Waals surface area contributed by atoms with E-state index < -0.39 is 0 Å². The average molecular weight is 487 g/mol. The molecule has 0 N–H and O–H groups in total. The van der Waals surface area contributed by atoms with Crippen LogP contribution < -0.4 is 0 Å². The molecule has 0 heterocycles. The number of benzene rings is 6. The predicted octanol–water partition coefficient (Wildman–Crippen LogP) is 9.59. The van der Waals surface area contributed by atoms with Crippen LogP contribution in [0.1, 0.15) is 15.9 Å². The maximum absolute atomic E-state index is 13.8. The predicted molar refractivity (Wildman–Crippen MR) is 158 cm³/mol. The standard InChI is InChI=1S/C37H26O/c38-37(33-14-8-3-9-15-33)36-26-34(31-18-16-29(17-19-31)27-10-4-1-5-11-27)24-25-35(36)32-22-20-30(21-23-32)28-12-6-2-7-13-28/h1-26H. The highest BCUT2D eigenvalue weighted by Crippen LogP contribution is 2.33. The van der Waals surface area contributed by atoms with Crippen molar-refractivity contribution in [1.82, 2.24) is 0 Å². The molecule has 0 aliphatic carbocycles. The summed E-state index contributed by atoms with van der Waals surface area (Å²) in [5, 5.41) is 0. The van der Waals surface area contributed by atoms with Crippen LogP contribution in [-0.4, -0.2) is 5.78 Å². The van der Waals surface area contributed by atoms with Gasteiger partial charge in [-0.2, -0.15) is 0 Å². The van der Waals surface area contributed by atoms with Crippen LogP contribution >= 0.6 is 0 Å². The smallest absolute Gasteiger partial charge is 0.193 e. The fraction of sp³-hybridized carbons (Fsp3) is 0. The van der Waals surface area contributed by atoms with Gasteiger partial charge < -0.3 is 0 Å². The summed E-state index contributed by atoms with van der Waals surface area (Å²) in [6.07, 6.45) is 0. The Morgan fingerprint density at radius 3 is 1.21 bits per heavy atom. The van der Waals surface area contributed by atoms with Gasteiger partial charge in [-0.15, -0.1) is 0 Å². The molecule has 0 fully saturated rings. The Morgan fingerprint density at radius 1 is 0.342 bits per heavy atom. The third-order valence-corrected chi connectivity index (χ3v) is 6.93. The summed E-state index contributed by atoms with van der Waals surface area (Å²) in [5.41, 5.74) is 10.1. The van der Waals surface area contributed by atoms with E-state index in [2.05, 4.69) is 97.1 Å². The van der Waals surface area contributed by atoms with Crippen molar-refractivity contribution in [3.05, 3.63) is 169 Å². The van der Waals surface area contributed by atoms with Gasteiger partial charge >= 0.3 is 0 Å². The van der Waals surface area contributed by atoms with Crippen molar-refractivity contribution < 1.29 is 4.79 Å². The minimum atomic E-state index is 0.0236. The Labute approximate surface area is 223 Å². The molecule has 0 spiro atoms. The van der Waals surface area contributed by atoms with Crippen LogP contribution in [0.25, 0.3) is 44.5 Å². The van der Waals surface area contributed by atoms with Gasteiger partial charge in [0.1, 0.15) is 0 Å². The summed E-state index contributed by atoms with van der Waals surface area (Å²) in [4.78, 5) is 13.8. The minimum absolute atomic E-state index is 0.0236. The van der Waals surface area contributed by atoms with Crippen molar-refractivity contribution in [1.29, 1.82) is 0 Å². The molecule has 0 radical (unpaired) electrons. The maximum atomic E-state index is 13.8. The molecule has 0 aliphatic heterocycles. The Morgan fingerprint density at radius 2 is 0.711 bits per heavy atom. The molecule has 1 heteroatoms. The van der Waals surface area contributed by atoms with Gasteiger partial charge in [0.25, 0.3) is 0 Å². The topological polar surface area (TPSA) is 17.1 Å². The molecule has 0 aromatic heterocycles. The normalized spacial score (nSPS) is 10.7. The Kier molecular flexibility index (Phi) is 6.49. The van der Waals surface area contributed by atoms with E-state index in [9.17, 15) is 4.79 Å². The molecule has 6 aromatic carbocycles. The van der Waals surface area contributed by atoms with Crippen molar-refractivity contribution in [2.45, 2.75) is 0 Å². The van der Waals surface area contributed by atoms with Crippen LogP contribution in [0.4, 0.5) is 0 Å². The third-order valence-electron chi connectivity index (χ3n) is 6.93. The summed E-state index contributed by atoms with van der Waals surface area (Å²) in [7, 11) is 0. The van der Waals surface area contributed by atoms with Crippen LogP contribution in [-0.2, 0) is 0 Å². The quantitative estimate of drug-likeness (QED) is 0.214. The van der Waals surface area contributed by atoms with E-state index in [-0.39, 0.29) is 5.78 Å². The second kappa shape index (κ2) is 10.5. The van der Waals surface area contributed by atoms with E-state index in [1.54, 1.807) is 0 Å². The van der Waals surface area contributed by atoms with Crippen LogP contribution in [0.2, 0.25) is 0 Å². The summed E-state index contributed by atoms with van der Waals surface area (Å²) in [6, 6.07) is 53.4. The van der Waals surface area contributed by atoms with E-state index in [1.165, 1.54) is 16.7 Å². The van der Waals surface area contributed by atoms with Crippen molar-refractivity contribution in [3.8, 4) is 44.5 Å². The largest absolute Gasteiger partial charge is 0.289 e. The van der Waals surface area contributed by atoms with Crippen molar-refractivity contribution >= 4 is 5.78 Å². The number of hydrogen-bond donors (Lipinski definition) is 0. The van der Waals surface area contributed by atoms with Crippen molar-refractivity contribution in [2.75, 3.05) is 0 Å². The monoisotopic (exact) mass is 486 g/mol. The first-order valence-corrected chi connectivity index (χ1v) is 12.8. The lowest BCUT2D eigenvalue weighted by molar-refractivity contribution is 0.103. The molecule has 0 bridgehead atoms. The molecule has 38 heavy (non-hydrogen) atoms. The molecule has 0 saturated heterocycles. The average Bonchev–Trinajstić information content (AvgIpc) is 3.02. The van der Waals surface area contributed by atoms with Gasteiger partial charge in [-0.25, -0.2) is 0 Å². The molecule has 6 rings (SSSR count). The summed E-state index contributed by atoms with van der Waals surface area (Å²) in [5.74, 6) is 0.0236. The molecule has 180 valence electrons. The second-order valence-electron chi connectivity index (χ2n) is 9.34. The van der Waals surface area contributed by atoms with E-state index in [1.807, 2.05) is 60.7 Å². The van der Waals surface area contributed by atoms with Crippen molar-refractivity contribution in [3.63, 3.8) is 0 Å². The number of carbonyl (C=O) groups is 1. The zero-order valence-corrected chi connectivity index (χ0v) is 20.9. The van der Waals surface area contributed by atoms with E-state index in [0.717, 1.165) is 27.8 Å². The zero-order valence-electron chi connectivity index (χ0n) is 20.9. The lowest BCUT2D eigenvalue weighted by Gasteiger charge is -2.13. The number of rotatable bonds is 6. The van der Waals surface area contributed by atoms with Gasteiger partial charge in [0, 0.05) is 11.1 Å². The van der Waals surface area contributed by atoms with Crippen molar-refractivity contribution in [2.24, 2.45) is 0 Å². The van der Waals surface area contributed by atoms with Crippen LogP contribution in [0.3, 0.4) is 0 Å². The molecular weight excluding hydrogens is 460 g/mol. The molecule has 0 unspecified atom stereocenters. The molecular formula is C37H26O. The van der Waals surface area contributed by atoms with Crippen LogP contribution in [0.15, 0.2) is 158 Å². The number of carbonyl (C=O) groups excluding carboxylic acids is 1. The molecule has 1 nitrogen and oxygen atoms in total. The van der Waals surface area contributed by atoms with Gasteiger partial charge in [0.15, 0.2) is 5.78 Å². The maximum Gasteiger partial charge on any atom is 0.193 e. The first-order valence-electron chi connectivity index (χ1n) is 12.8. The Balaban J connectivity index is 1.40. The lowest BCUT2D eigenvalue weighted by atomic mass is 9.89. The Hall–Kier alpha value is -5.01. The first-order chi connectivity index (χ1) is 18.8. The van der Waals surface area contributed by atoms with Crippen LogP contribution in [0.5, 0.6) is 0 Å².